The van der Waals surface area contributed by atoms with Crippen molar-refractivity contribution >= 4 is 19.8 Å². The summed E-state index contributed by atoms with van der Waals surface area (Å²) in [6, 6.07) is 0. The third kappa shape index (κ3) is 53.1. The Balaban J connectivity index is 4.11. The summed E-state index contributed by atoms with van der Waals surface area (Å²) in [5.41, 5.74) is 0. The average molecular weight is 976 g/mol. The number of phosphoric ester groups is 1. The predicted molar refractivity (Wildman–Crippen MR) is 287 cm³/mol. The van der Waals surface area contributed by atoms with Crippen molar-refractivity contribution < 1.29 is 42.1 Å². The molecule has 10 heteroatoms. The number of carbonyl (C=O) groups excluding carboxylic acids is 2. The van der Waals surface area contributed by atoms with Crippen LogP contribution < -0.4 is 4.89 Å². The van der Waals surface area contributed by atoms with Gasteiger partial charge in [0.05, 0.1) is 27.7 Å². The molecule has 0 heterocycles. The van der Waals surface area contributed by atoms with E-state index in [-0.39, 0.29) is 32.0 Å². The largest absolute Gasteiger partial charge is 0.756 e. The fourth-order valence-electron chi connectivity index (χ4n) is 7.70. The minimum atomic E-state index is -4.63. The van der Waals surface area contributed by atoms with Crippen LogP contribution in [0, 0.1) is 0 Å². The monoisotopic (exact) mass is 976 g/mol. The highest BCUT2D eigenvalue weighted by Crippen LogP contribution is 2.38. The Hall–Kier alpha value is -2.29. The number of nitrogens with zero attached hydrogens (tertiary/aromatic N) is 1. The van der Waals surface area contributed by atoms with Crippen molar-refractivity contribution in [3.63, 3.8) is 0 Å². The zero-order valence-corrected chi connectivity index (χ0v) is 45.7. The van der Waals surface area contributed by atoms with Gasteiger partial charge >= 0.3 is 11.9 Å². The molecule has 0 aromatic rings. The second-order valence-electron chi connectivity index (χ2n) is 19.9. The number of likely N-dealkylation sites (N-methyl/N-ethyl adjacent to an activating group) is 1. The Kier molecular flexibility index (Phi) is 48.0. The standard InChI is InChI=1S/C58H106NO8P/c1-6-8-10-12-14-16-18-20-22-23-24-25-26-27-28-29-30-31-32-33-34-35-37-39-41-43-45-47-49-51-58(61)67-56(55-66-68(62,63)65-53-52-59(3,4)5)54-64-57(60)50-48-46-44-42-40-38-36-21-19-17-15-13-11-9-7-2/h8,10,14,16,20-22,24-25,36,56H,6-7,9,11-13,15,17-19,23,26-35,37-55H2,1-5H3/b10-8-,16-14-,22-20-,25-24-,36-21-. The molecule has 0 aliphatic heterocycles. The highest BCUT2D eigenvalue weighted by Gasteiger charge is 2.21. The first-order valence-corrected chi connectivity index (χ1v) is 29.5. The quantitative estimate of drug-likeness (QED) is 0.0195. The van der Waals surface area contributed by atoms with Gasteiger partial charge in [-0.05, 0) is 77.0 Å². The molecule has 68 heavy (non-hydrogen) atoms. The molecule has 0 aromatic heterocycles. The summed E-state index contributed by atoms with van der Waals surface area (Å²) in [6.45, 7) is 4.13. The molecule has 0 saturated carbocycles. The van der Waals surface area contributed by atoms with E-state index in [2.05, 4.69) is 74.6 Å². The van der Waals surface area contributed by atoms with Crippen LogP contribution in [0.2, 0.25) is 0 Å². The van der Waals surface area contributed by atoms with E-state index < -0.39 is 26.5 Å². The molecular weight excluding hydrogens is 870 g/mol. The van der Waals surface area contributed by atoms with E-state index in [1.165, 1.54) is 128 Å². The first-order chi connectivity index (χ1) is 33.0. The van der Waals surface area contributed by atoms with Gasteiger partial charge < -0.3 is 27.9 Å². The topological polar surface area (TPSA) is 111 Å². The van der Waals surface area contributed by atoms with Crippen LogP contribution in [-0.4, -0.2) is 70.0 Å². The molecule has 9 nitrogen and oxygen atoms in total. The van der Waals surface area contributed by atoms with Gasteiger partial charge in [0, 0.05) is 12.8 Å². The number of allylic oxidation sites excluding steroid dienone is 10. The summed E-state index contributed by atoms with van der Waals surface area (Å²) in [5, 5.41) is 0. The van der Waals surface area contributed by atoms with Gasteiger partial charge in [-0.15, -0.1) is 0 Å². The lowest BCUT2D eigenvalue weighted by Gasteiger charge is -2.28. The third-order valence-corrected chi connectivity index (χ3v) is 13.0. The fourth-order valence-corrected chi connectivity index (χ4v) is 8.43. The lowest BCUT2D eigenvalue weighted by molar-refractivity contribution is -0.870. The van der Waals surface area contributed by atoms with Gasteiger partial charge in [0.2, 0.25) is 0 Å². The lowest BCUT2D eigenvalue weighted by atomic mass is 10.0. The second-order valence-corrected chi connectivity index (χ2v) is 21.3. The van der Waals surface area contributed by atoms with Crippen LogP contribution in [0.5, 0.6) is 0 Å². The summed E-state index contributed by atoms with van der Waals surface area (Å²) in [4.78, 5) is 37.8. The van der Waals surface area contributed by atoms with Crippen molar-refractivity contribution in [2.45, 2.75) is 251 Å². The fraction of sp³-hybridized carbons (Fsp3) is 0.793. The van der Waals surface area contributed by atoms with Gasteiger partial charge in [-0.1, -0.05) is 216 Å². The van der Waals surface area contributed by atoms with Gasteiger partial charge in [0.25, 0.3) is 7.82 Å². The SMILES string of the molecule is CC/C=C\C/C=C\C/C=C\C/C=C\CCCCCCCCCCCCCCCCCCC(=O)OC(COC(=O)CCCCCCC/C=C\CCCCCCCC)COP(=O)([O-])OCC[N+](C)(C)C. The molecule has 0 aliphatic rings. The number of carbonyl (C=O) groups is 2. The molecular formula is C58H106NO8P. The molecule has 0 aromatic carbocycles. The first kappa shape index (κ1) is 65.7. The number of quaternary nitrogens is 1. The average Bonchev–Trinajstić information content (AvgIpc) is 3.30. The van der Waals surface area contributed by atoms with E-state index in [1.54, 1.807) is 0 Å². The van der Waals surface area contributed by atoms with Crippen molar-refractivity contribution in [2.75, 3.05) is 47.5 Å². The number of hydrogen-bond acceptors (Lipinski definition) is 8. The van der Waals surface area contributed by atoms with Crippen molar-refractivity contribution in [2.24, 2.45) is 0 Å². The van der Waals surface area contributed by atoms with Crippen LogP contribution in [-0.2, 0) is 32.7 Å². The molecule has 0 fully saturated rings. The van der Waals surface area contributed by atoms with Gasteiger partial charge in [0.1, 0.15) is 19.8 Å². The van der Waals surface area contributed by atoms with Crippen molar-refractivity contribution in [1.82, 2.24) is 0 Å². The summed E-state index contributed by atoms with van der Waals surface area (Å²) in [7, 11) is 1.16. The molecule has 0 bridgehead atoms. The summed E-state index contributed by atoms with van der Waals surface area (Å²) >= 11 is 0. The van der Waals surface area contributed by atoms with E-state index >= 15 is 0 Å². The molecule has 2 unspecified atom stereocenters. The summed E-state index contributed by atoms with van der Waals surface area (Å²) < 4.78 is 34.1. The van der Waals surface area contributed by atoms with E-state index in [4.69, 9.17) is 18.5 Å². The number of esters is 2. The normalized spacial score (nSPS) is 13.8. The van der Waals surface area contributed by atoms with E-state index in [0.29, 0.717) is 17.4 Å². The van der Waals surface area contributed by atoms with Gasteiger partial charge in [-0.2, -0.15) is 0 Å². The Morgan fingerprint density at radius 1 is 0.471 bits per heavy atom. The van der Waals surface area contributed by atoms with Crippen molar-refractivity contribution in [1.29, 1.82) is 0 Å². The molecule has 0 N–H and O–H groups in total. The smallest absolute Gasteiger partial charge is 0.306 e. The first-order valence-electron chi connectivity index (χ1n) is 28.0. The van der Waals surface area contributed by atoms with Gasteiger partial charge in [-0.3, -0.25) is 14.2 Å². The molecule has 396 valence electrons. The highest BCUT2D eigenvalue weighted by atomic mass is 31.2. The molecule has 0 aliphatic carbocycles. The van der Waals surface area contributed by atoms with Gasteiger partial charge in [0.15, 0.2) is 6.10 Å². The molecule has 0 spiro atoms. The predicted octanol–water partition coefficient (Wildman–Crippen LogP) is 16.5. The van der Waals surface area contributed by atoms with E-state index in [9.17, 15) is 19.0 Å². The maximum atomic E-state index is 12.8. The highest BCUT2D eigenvalue weighted by molar-refractivity contribution is 7.45. The molecule has 0 saturated heterocycles. The van der Waals surface area contributed by atoms with Crippen LogP contribution in [0.4, 0.5) is 0 Å². The second kappa shape index (κ2) is 49.7. The molecule has 2 atom stereocenters. The molecule has 0 amide bonds. The maximum Gasteiger partial charge on any atom is 0.306 e. The zero-order chi connectivity index (χ0) is 49.9. The van der Waals surface area contributed by atoms with Crippen molar-refractivity contribution in [3.05, 3.63) is 60.8 Å². The minimum Gasteiger partial charge on any atom is -0.756 e. The number of ether oxygens (including phenoxy) is 2. The van der Waals surface area contributed by atoms with Crippen LogP contribution in [0.25, 0.3) is 0 Å². The third-order valence-electron chi connectivity index (χ3n) is 12.0. The number of rotatable bonds is 51. The van der Waals surface area contributed by atoms with E-state index in [1.807, 2.05) is 21.1 Å². The van der Waals surface area contributed by atoms with Crippen LogP contribution in [0.1, 0.15) is 245 Å². The van der Waals surface area contributed by atoms with Crippen LogP contribution >= 0.6 is 7.82 Å². The Bertz CT molecular complexity index is 1340. The van der Waals surface area contributed by atoms with Crippen LogP contribution in [0.15, 0.2) is 60.8 Å². The maximum absolute atomic E-state index is 12.8. The van der Waals surface area contributed by atoms with Crippen molar-refractivity contribution in [3.8, 4) is 0 Å². The summed E-state index contributed by atoms with van der Waals surface area (Å²) in [6.07, 6.45) is 62.6. The Morgan fingerprint density at radius 2 is 0.838 bits per heavy atom. The molecule has 0 radical (unpaired) electrons. The number of phosphoric acid groups is 1. The Labute approximate surface area is 419 Å². The molecule has 0 rings (SSSR count). The minimum absolute atomic E-state index is 0.0325. The Morgan fingerprint density at radius 3 is 1.26 bits per heavy atom. The zero-order valence-electron chi connectivity index (χ0n) is 44.8. The van der Waals surface area contributed by atoms with E-state index in [0.717, 1.165) is 83.5 Å². The number of hydrogen-bond donors (Lipinski definition) is 0. The lowest BCUT2D eigenvalue weighted by Crippen LogP contribution is -2.37. The van der Waals surface area contributed by atoms with Crippen LogP contribution in [0.3, 0.4) is 0 Å². The van der Waals surface area contributed by atoms with Gasteiger partial charge in [-0.25, -0.2) is 0 Å². The number of unbranched alkanes of at least 4 members (excludes halogenated alkanes) is 27. The summed E-state index contributed by atoms with van der Waals surface area (Å²) in [5.74, 6) is -0.838.